The molecule has 2 N–H and O–H groups in total. The quantitative estimate of drug-likeness (QED) is 0.791. The molecule has 114 valence electrons. The zero-order valence-corrected chi connectivity index (χ0v) is 11.9. The number of hydrogen-bond acceptors (Lipinski definition) is 5. The number of benzene rings is 1. The summed E-state index contributed by atoms with van der Waals surface area (Å²) < 4.78 is 4.93. The van der Waals surface area contributed by atoms with Crippen LogP contribution in [0.3, 0.4) is 0 Å². The monoisotopic (exact) mass is 301 g/mol. The first kappa shape index (κ1) is 15.4. The number of amides is 1. The summed E-state index contributed by atoms with van der Waals surface area (Å²) in [5.41, 5.74) is 1.38. The molecule has 2 rings (SSSR count). The first-order valence-corrected chi connectivity index (χ1v) is 6.63. The van der Waals surface area contributed by atoms with Crippen LogP contribution in [0, 0.1) is 6.92 Å². The summed E-state index contributed by atoms with van der Waals surface area (Å²) in [6.45, 7) is 1.72. The SMILES string of the molecule is Cc1noc(CCC(=O)Nc2ccc(C=CC(=O)O)cc2)n1. The zero-order chi connectivity index (χ0) is 15.9. The van der Waals surface area contributed by atoms with Crippen LogP contribution in [-0.4, -0.2) is 27.1 Å². The van der Waals surface area contributed by atoms with E-state index in [-0.39, 0.29) is 12.3 Å². The van der Waals surface area contributed by atoms with Gasteiger partial charge in [-0.3, -0.25) is 4.79 Å². The van der Waals surface area contributed by atoms with Crippen molar-refractivity contribution in [2.24, 2.45) is 0 Å². The highest BCUT2D eigenvalue weighted by Gasteiger charge is 2.07. The van der Waals surface area contributed by atoms with Gasteiger partial charge in [0.15, 0.2) is 5.82 Å². The molecule has 2 aromatic rings. The number of hydrogen-bond donors (Lipinski definition) is 2. The minimum Gasteiger partial charge on any atom is -0.478 e. The van der Waals surface area contributed by atoms with Gasteiger partial charge in [0.25, 0.3) is 0 Å². The number of aliphatic carboxylic acids is 1. The van der Waals surface area contributed by atoms with Crippen molar-refractivity contribution < 1.29 is 19.2 Å². The van der Waals surface area contributed by atoms with Crippen LogP contribution in [0.4, 0.5) is 5.69 Å². The van der Waals surface area contributed by atoms with Gasteiger partial charge in [-0.2, -0.15) is 4.98 Å². The number of carbonyl (C=O) groups is 2. The molecule has 7 heteroatoms. The molecule has 1 aromatic carbocycles. The van der Waals surface area contributed by atoms with Gasteiger partial charge >= 0.3 is 5.97 Å². The second kappa shape index (κ2) is 7.16. The number of aromatic nitrogens is 2. The van der Waals surface area contributed by atoms with E-state index in [0.717, 1.165) is 11.6 Å². The molecule has 0 aliphatic rings. The van der Waals surface area contributed by atoms with Gasteiger partial charge in [-0.15, -0.1) is 0 Å². The Morgan fingerprint density at radius 2 is 2.05 bits per heavy atom. The first-order chi connectivity index (χ1) is 10.5. The first-order valence-electron chi connectivity index (χ1n) is 6.63. The van der Waals surface area contributed by atoms with Crippen LogP contribution in [0.2, 0.25) is 0 Å². The van der Waals surface area contributed by atoms with Crippen LogP contribution in [0.25, 0.3) is 6.08 Å². The van der Waals surface area contributed by atoms with Gasteiger partial charge in [0.1, 0.15) is 0 Å². The Morgan fingerprint density at radius 1 is 1.32 bits per heavy atom. The number of carbonyl (C=O) groups excluding carboxylic acids is 1. The van der Waals surface area contributed by atoms with E-state index < -0.39 is 5.97 Å². The van der Waals surface area contributed by atoms with Gasteiger partial charge < -0.3 is 14.9 Å². The molecule has 0 aliphatic carbocycles. The van der Waals surface area contributed by atoms with E-state index in [0.29, 0.717) is 23.8 Å². The molecule has 0 saturated carbocycles. The maximum Gasteiger partial charge on any atom is 0.328 e. The van der Waals surface area contributed by atoms with Gasteiger partial charge in [-0.05, 0) is 30.7 Å². The molecule has 0 aliphatic heterocycles. The van der Waals surface area contributed by atoms with E-state index in [4.69, 9.17) is 9.63 Å². The van der Waals surface area contributed by atoms with Crippen LogP contribution in [0.1, 0.15) is 23.7 Å². The molecule has 1 aromatic heterocycles. The number of nitrogens with zero attached hydrogens (tertiary/aromatic N) is 2. The lowest BCUT2D eigenvalue weighted by Gasteiger charge is -2.04. The predicted octanol–water partition coefficient (Wildman–Crippen LogP) is 2.05. The number of carboxylic acids is 1. The Bertz CT molecular complexity index is 689. The summed E-state index contributed by atoms with van der Waals surface area (Å²) in [5, 5.41) is 14.9. The summed E-state index contributed by atoms with van der Waals surface area (Å²) in [5.74, 6) is -0.194. The molecule has 1 heterocycles. The fourth-order valence-corrected chi connectivity index (χ4v) is 1.73. The van der Waals surface area contributed by atoms with Crippen molar-refractivity contribution in [3.63, 3.8) is 0 Å². The zero-order valence-electron chi connectivity index (χ0n) is 11.9. The van der Waals surface area contributed by atoms with E-state index in [1.54, 1.807) is 31.2 Å². The molecular weight excluding hydrogens is 286 g/mol. The molecular formula is C15H15N3O4. The van der Waals surface area contributed by atoms with E-state index in [2.05, 4.69) is 15.5 Å². The minimum atomic E-state index is -1.01. The number of anilines is 1. The van der Waals surface area contributed by atoms with Crippen LogP contribution in [0.5, 0.6) is 0 Å². The normalized spacial score (nSPS) is 10.8. The second-order valence-electron chi connectivity index (χ2n) is 4.58. The van der Waals surface area contributed by atoms with E-state index in [1.165, 1.54) is 6.08 Å². The van der Waals surface area contributed by atoms with Crippen molar-refractivity contribution in [2.45, 2.75) is 19.8 Å². The standard InChI is InChI=1S/C15H15N3O4/c1-10-16-14(22-18-10)8-7-13(19)17-12-5-2-11(3-6-12)4-9-15(20)21/h2-6,9H,7-8H2,1H3,(H,17,19)(H,20,21). The predicted molar refractivity (Wildman–Crippen MR) is 79.1 cm³/mol. The molecule has 0 atom stereocenters. The number of aryl methyl sites for hydroxylation is 2. The summed E-state index contributed by atoms with van der Waals surface area (Å²) in [6.07, 6.45) is 3.15. The molecule has 22 heavy (non-hydrogen) atoms. The van der Waals surface area contributed by atoms with Crippen molar-refractivity contribution in [1.82, 2.24) is 10.1 Å². The van der Waals surface area contributed by atoms with Crippen molar-refractivity contribution in [1.29, 1.82) is 0 Å². The number of rotatable bonds is 6. The third kappa shape index (κ3) is 4.86. The van der Waals surface area contributed by atoms with E-state index >= 15 is 0 Å². The van der Waals surface area contributed by atoms with Crippen molar-refractivity contribution >= 4 is 23.6 Å². The Morgan fingerprint density at radius 3 is 2.64 bits per heavy atom. The largest absolute Gasteiger partial charge is 0.478 e. The Balaban J connectivity index is 1.84. The molecule has 0 fully saturated rings. The third-order valence-corrected chi connectivity index (χ3v) is 2.75. The number of carboxylic acid groups (broad SMARTS) is 1. The smallest absolute Gasteiger partial charge is 0.328 e. The maximum absolute atomic E-state index is 11.8. The van der Waals surface area contributed by atoms with E-state index in [1.807, 2.05) is 0 Å². The van der Waals surface area contributed by atoms with Crippen LogP contribution >= 0.6 is 0 Å². The average molecular weight is 301 g/mol. The Labute approximate surface area is 126 Å². The summed E-state index contributed by atoms with van der Waals surface area (Å²) in [6, 6.07) is 6.85. The fourth-order valence-electron chi connectivity index (χ4n) is 1.73. The molecule has 7 nitrogen and oxygen atoms in total. The summed E-state index contributed by atoms with van der Waals surface area (Å²) in [7, 11) is 0. The van der Waals surface area contributed by atoms with Gasteiger partial charge in [-0.25, -0.2) is 4.79 Å². The van der Waals surface area contributed by atoms with E-state index in [9.17, 15) is 9.59 Å². The highest BCUT2D eigenvalue weighted by Crippen LogP contribution is 2.11. The lowest BCUT2D eigenvalue weighted by atomic mass is 10.2. The van der Waals surface area contributed by atoms with Gasteiger partial charge in [0.05, 0.1) is 0 Å². The molecule has 0 radical (unpaired) electrons. The Kier molecular flexibility index (Phi) is 5.02. The molecule has 1 amide bonds. The van der Waals surface area contributed by atoms with Crippen molar-refractivity contribution in [3.8, 4) is 0 Å². The second-order valence-corrected chi connectivity index (χ2v) is 4.58. The van der Waals surface area contributed by atoms with Crippen LogP contribution in [0.15, 0.2) is 34.9 Å². The van der Waals surface area contributed by atoms with Crippen molar-refractivity contribution in [2.75, 3.05) is 5.32 Å². The summed E-state index contributed by atoms with van der Waals surface area (Å²) >= 11 is 0. The third-order valence-electron chi connectivity index (χ3n) is 2.75. The van der Waals surface area contributed by atoms with Gasteiger partial charge in [-0.1, -0.05) is 17.3 Å². The average Bonchev–Trinajstić information content (AvgIpc) is 2.90. The van der Waals surface area contributed by atoms with Crippen LogP contribution in [-0.2, 0) is 16.0 Å². The Hall–Kier alpha value is -2.96. The highest BCUT2D eigenvalue weighted by atomic mass is 16.5. The van der Waals surface area contributed by atoms with Gasteiger partial charge in [0.2, 0.25) is 11.8 Å². The topological polar surface area (TPSA) is 105 Å². The van der Waals surface area contributed by atoms with Crippen LogP contribution < -0.4 is 5.32 Å². The van der Waals surface area contributed by atoms with Gasteiger partial charge in [0, 0.05) is 24.6 Å². The molecule has 0 spiro atoms. The maximum atomic E-state index is 11.8. The summed E-state index contributed by atoms with van der Waals surface area (Å²) in [4.78, 5) is 26.2. The lowest BCUT2D eigenvalue weighted by Crippen LogP contribution is -2.12. The minimum absolute atomic E-state index is 0.162. The fraction of sp³-hybridized carbons (Fsp3) is 0.200. The highest BCUT2D eigenvalue weighted by molar-refractivity contribution is 5.91. The molecule has 0 unspecified atom stereocenters. The van der Waals surface area contributed by atoms with Crippen molar-refractivity contribution in [3.05, 3.63) is 47.6 Å². The molecule has 0 bridgehead atoms. The number of nitrogens with one attached hydrogen (secondary N) is 1. The lowest BCUT2D eigenvalue weighted by molar-refractivity contribution is -0.131. The molecule has 0 saturated heterocycles.